The van der Waals surface area contributed by atoms with E-state index in [-0.39, 0.29) is 23.7 Å². The lowest BCUT2D eigenvalue weighted by atomic mass is 9.80. The van der Waals surface area contributed by atoms with Crippen LogP contribution in [0.25, 0.3) is 0 Å². The van der Waals surface area contributed by atoms with E-state index in [0.717, 1.165) is 25.9 Å². The van der Waals surface area contributed by atoms with Crippen LogP contribution in [0.1, 0.15) is 32.1 Å². The predicted molar refractivity (Wildman–Crippen MR) is 83.2 cm³/mol. The van der Waals surface area contributed by atoms with Gasteiger partial charge in [0, 0.05) is 26.2 Å². The van der Waals surface area contributed by atoms with Crippen molar-refractivity contribution in [1.29, 1.82) is 0 Å². The van der Waals surface area contributed by atoms with Gasteiger partial charge in [-0.15, -0.1) is 0 Å². The third-order valence-electron chi connectivity index (χ3n) is 5.06. The van der Waals surface area contributed by atoms with Crippen LogP contribution in [0.3, 0.4) is 0 Å². The number of carbonyl (C=O) groups is 2. The second-order valence-corrected chi connectivity index (χ2v) is 6.48. The van der Waals surface area contributed by atoms with Gasteiger partial charge in [0.15, 0.2) is 0 Å². The Kier molecular flexibility index (Phi) is 5.13. The fourth-order valence-corrected chi connectivity index (χ4v) is 3.73. The van der Waals surface area contributed by atoms with Crippen LogP contribution >= 0.6 is 0 Å². The first kappa shape index (κ1) is 15.5. The maximum atomic E-state index is 12.8. The van der Waals surface area contributed by atoms with Gasteiger partial charge in [0.1, 0.15) is 0 Å². The van der Waals surface area contributed by atoms with E-state index in [2.05, 4.69) is 12.2 Å². The normalized spacial score (nSPS) is 29.5. The Bertz CT molecular complexity index is 397. The zero-order chi connectivity index (χ0) is 15.4. The molecule has 122 valence electrons. The van der Waals surface area contributed by atoms with Crippen LogP contribution in [0.15, 0.2) is 12.2 Å². The molecule has 2 fully saturated rings. The molecule has 1 aliphatic carbocycles. The van der Waals surface area contributed by atoms with Crippen LogP contribution in [0, 0.1) is 11.8 Å². The molecular weight excluding hydrogens is 280 g/mol. The number of hydrogen-bond acceptors (Lipinski definition) is 3. The molecule has 5 heteroatoms. The van der Waals surface area contributed by atoms with E-state index in [1.54, 1.807) is 0 Å². The van der Waals surface area contributed by atoms with Gasteiger partial charge in [-0.2, -0.15) is 0 Å². The molecular formula is C17H26N2O3. The molecule has 2 heterocycles. The molecule has 0 aromatic carbocycles. The van der Waals surface area contributed by atoms with E-state index in [9.17, 15) is 9.59 Å². The summed E-state index contributed by atoms with van der Waals surface area (Å²) in [5.41, 5.74) is 0. The largest absolute Gasteiger partial charge is 0.378 e. The Morgan fingerprint density at radius 2 is 1.27 bits per heavy atom. The average molecular weight is 306 g/mol. The summed E-state index contributed by atoms with van der Waals surface area (Å²) < 4.78 is 5.32. The second-order valence-electron chi connectivity index (χ2n) is 6.48. The number of nitrogens with zero attached hydrogens (tertiary/aromatic N) is 2. The highest BCUT2D eigenvalue weighted by molar-refractivity contribution is 5.88. The Balaban J connectivity index is 1.68. The van der Waals surface area contributed by atoms with E-state index in [0.29, 0.717) is 39.1 Å². The zero-order valence-corrected chi connectivity index (χ0v) is 13.2. The minimum atomic E-state index is -0.183. The minimum Gasteiger partial charge on any atom is -0.378 e. The van der Waals surface area contributed by atoms with E-state index in [4.69, 9.17) is 4.74 Å². The number of allylic oxidation sites excluding steroid dienone is 2. The van der Waals surface area contributed by atoms with E-state index < -0.39 is 0 Å². The highest BCUT2D eigenvalue weighted by atomic mass is 16.5. The molecule has 2 aliphatic heterocycles. The summed E-state index contributed by atoms with van der Waals surface area (Å²) in [7, 11) is 0. The van der Waals surface area contributed by atoms with Crippen molar-refractivity contribution >= 4 is 11.8 Å². The minimum absolute atomic E-state index is 0.142. The SMILES string of the molecule is O=C(C1CC=CCC1C(=O)N1CCOCC1)N1CCCCC1. The van der Waals surface area contributed by atoms with Gasteiger partial charge >= 0.3 is 0 Å². The predicted octanol–water partition coefficient (Wildman–Crippen LogP) is 1.44. The fourth-order valence-electron chi connectivity index (χ4n) is 3.73. The van der Waals surface area contributed by atoms with Crippen LogP contribution in [-0.4, -0.2) is 61.0 Å². The molecule has 0 aromatic rings. The first-order valence-corrected chi connectivity index (χ1v) is 8.57. The number of ether oxygens (including phenoxy) is 1. The van der Waals surface area contributed by atoms with Crippen LogP contribution in [0.2, 0.25) is 0 Å². The first-order valence-electron chi connectivity index (χ1n) is 8.57. The van der Waals surface area contributed by atoms with Gasteiger partial charge < -0.3 is 14.5 Å². The van der Waals surface area contributed by atoms with Crippen molar-refractivity contribution in [3.05, 3.63) is 12.2 Å². The van der Waals surface area contributed by atoms with Gasteiger partial charge in [-0.05, 0) is 32.1 Å². The Hall–Kier alpha value is -1.36. The molecule has 0 N–H and O–H groups in total. The molecule has 0 saturated carbocycles. The average Bonchev–Trinajstić information content (AvgIpc) is 2.62. The maximum Gasteiger partial charge on any atom is 0.226 e. The quantitative estimate of drug-likeness (QED) is 0.725. The second kappa shape index (κ2) is 7.27. The summed E-state index contributed by atoms with van der Waals surface area (Å²) in [6, 6.07) is 0. The van der Waals surface area contributed by atoms with Crippen LogP contribution in [0.4, 0.5) is 0 Å². The molecule has 0 radical (unpaired) electrons. The maximum absolute atomic E-state index is 12.8. The number of likely N-dealkylation sites (tertiary alicyclic amines) is 1. The third-order valence-corrected chi connectivity index (χ3v) is 5.06. The molecule has 0 bridgehead atoms. The zero-order valence-electron chi connectivity index (χ0n) is 13.2. The monoisotopic (exact) mass is 306 g/mol. The van der Waals surface area contributed by atoms with E-state index >= 15 is 0 Å². The van der Waals surface area contributed by atoms with Crippen LogP contribution in [0.5, 0.6) is 0 Å². The van der Waals surface area contributed by atoms with Gasteiger partial charge in [-0.3, -0.25) is 9.59 Å². The lowest BCUT2D eigenvalue weighted by Crippen LogP contribution is -2.49. The third kappa shape index (κ3) is 3.35. The topological polar surface area (TPSA) is 49.9 Å². The number of amides is 2. The number of morpholine rings is 1. The molecule has 0 spiro atoms. The smallest absolute Gasteiger partial charge is 0.226 e. The highest BCUT2D eigenvalue weighted by Crippen LogP contribution is 2.30. The summed E-state index contributed by atoms with van der Waals surface area (Å²) in [6.07, 6.45) is 8.92. The summed E-state index contributed by atoms with van der Waals surface area (Å²) in [5.74, 6) is -0.0189. The van der Waals surface area contributed by atoms with Gasteiger partial charge in [-0.25, -0.2) is 0 Å². The van der Waals surface area contributed by atoms with Crippen molar-refractivity contribution in [2.45, 2.75) is 32.1 Å². The van der Waals surface area contributed by atoms with Crippen molar-refractivity contribution in [3.63, 3.8) is 0 Å². The Morgan fingerprint density at radius 3 is 1.82 bits per heavy atom. The van der Waals surface area contributed by atoms with Gasteiger partial charge in [0.05, 0.1) is 25.0 Å². The van der Waals surface area contributed by atoms with Crippen molar-refractivity contribution < 1.29 is 14.3 Å². The molecule has 22 heavy (non-hydrogen) atoms. The molecule has 0 aromatic heterocycles. The number of rotatable bonds is 2. The molecule has 2 atom stereocenters. The summed E-state index contributed by atoms with van der Waals surface area (Å²) >= 11 is 0. The molecule has 3 rings (SSSR count). The molecule has 3 aliphatic rings. The van der Waals surface area contributed by atoms with Gasteiger partial charge in [0.25, 0.3) is 0 Å². The number of piperidine rings is 1. The first-order chi connectivity index (χ1) is 10.8. The number of hydrogen-bond donors (Lipinski definition) is 0. The highest BCUT2D eigenvalue weighted by Gasteiger charge is 2.38. The van der Waals surface area contributed by atoms with Crippen molar-refractivity contribution in [3.8, 4) is 0 Å². The van der Waals surface area contributed by atoms with Gasteiger partial charge in [0.2, 0.25) is 11.8 Å². The molecule has 2 amide bonds. The molecule has 2 saturated heterocycles. The van der Waals surface area contributed by atoms with Gasteiger partial charge in [-0.1, -0.05) is 12.2 Å². The van der Waals surface area contributed by atoms with Crippen molar-refractivity contribution in [1.82, 2.24) is 9.80 Å². The standard InChI is InChI=1S/C17H26N2O3/c20-16(18-8-4-1-5-9-18)14-6-2-3-7-15(14)17(21)19-10-12-22-13-11-19/h2-3,14-15H,1,4-13H2. The van der Waals surface area contributed by atoms with E-state index in [1.807, 2.05) is 9.80 Å². The number of carbonyl (C=O) groups excluding carboxylic acids is 2. The van der Waals surface area contributed by atoms with Crippen LogP contribution < -0.4 is 0 Å². The lowest BCUT2D eigenvalue weighted by molar-refractivity contribution is -0.149. The van der Waals surface area contributed by atoms with Crippen molar-refractivity contribution in [2.75, 3.05) is 39.4 Å². The summed E-state index contributed by atoms with van der Waals surface area (Å²) in [4.78, 5) is 29.5. The fraction of sp³-hybridized carbons (Fsp3) is 0.765. The summed E-state index contributed by atoms with van der Waals surface area (Å²) in [5, 5.41) is 0. The van der Waals surface area contributed by atoms with Crippen LogP contribution in [-0.2, 0) is 14.3 Å². The molecule has 2 unspecified atom stereocenters. The van der Waals surface area contributed by atoms with E-state index in [1.165, 1.54) is 6.42 Å². The summed E-state index contributed by atoms with van der Waals surface area (Å²) in [6.45, 7) is 4.25. The Morgan fingerprint density at radius 1 is 0.773 bits per heavy atom. The molecule has 5 nitrogen and oxygen atoms in total. The lowest BCUT2D eigenvalue weighted by Gasteiger charge is -2.37. The van der Waals surface area contributed by atoms with Crippen molar-refractivity contribution in [2.24, 2.45) is 11.8 Å². The Labute approximate surface area is 132 Å².